The molecule has 0 spiro atoms. The van der Waals surface area contributed by atoms with E-state index in [4.69, 9.17) is 0 Å². The number of nitrogens with one attached hydrogen (secondary N) is 2. The molecular formula is C17H23N3O. The fourth-order valence-corrected chi connectivity index (χ4v) is 2.35. The SMILES string of the molecule is Cc1cccc(CCC(=O)NCCCc2cn[nH]c2C)c1. The van der Waals surface area contributed by atoms with E-state index >= 15 is 0 Å². The Labute approximate surface area is 126 Å². The normalized spacial score (nSPS) is 10.6. The number of aryl methyl sites for hydroxylation is 4. The zero-order valence-corrected chi connectivity index (χ0v) is 12.8. The predicted molar refractivity (Wildman–Crippen MR) is 84.2 cm³/mol. The average Bonchev–Trinajstić information content (AvgIpc) is 2.87. The van der Waals surface area contributed by atoms with E-state index in [1.54, 1.807) is 0 Å². The van der Waals surface area contributed by atoms with Crippen LogP contribution in [0.2, 0.25) is 0 Å². The lowest BCUT2D eigenvalue weighted by Crippen LogP contribution is -2.25. The highest BCUT2D eigenvalue weighted by molar-refractivity contribution is 5.76. The Bertz CT molecular complexity index is 589. The zero-order chi connectivity index (χ0) is 15.1. The van der Waals surface area contributed by atoms with E-state index in [-0.39, 0.29) is 5.91 Å². The van der Waals surface area contributed by atoms with Gasteiger partial charge in [-0.3, -0.25) is 9.89 Å². The number of carbonyl (C=O) groups is 1. The first-order valence-electron chi connectivity index (χ1n) is 7.46. The summed E-state index contributed by atoms with van der Waals surface area (Å²) in [5.74, 6) is 0.125. The van der Waals surface area contributed by atoms with Gasteiger partial charge in [0.2, 0.25) is 5.91 Å². The summed E-state index contributed by atoms with van der Waals surface area (Å²) in [6.07, 6.45) is 5.09. The summed E-state index contributed by atoms with van der Waals surface area (Å²) in [5.41, 5.74) is 4.80. The van der Waals surface area contributed by atoms with Crippen LogP contribution in [0.4, 0.5) is 0 Å². The molecule has 0 bridgehead atoms. The van der Waals surface area contributed by atoms with Crippen molar-refractivity contribution in [2.45, 2.75) is 39.5 Å². The van der Waals surface area contributed by atoms with Crippen molar-refractivity contribution in [3.05, 3.63) is 52.8 Å². The third kappa shape index (κ3) is 5.06. The molecule has 1 aromatic carbocycles. The van der Waals surface area contributed by atoms with Crippen LogP contribution in [0.5, 0.6) is 0 Å². The van der Waals surface area contributed by atoms with Gasteiger partial charge in [0.25, 0.3) is 0 Å². The van der Waals surface area contributed by atoms with Gasteiger partial charge in [-0.15, -0.1) is 0 Å². The second-order valence-corrected chi connectivity index (χ2v) is 5.46. The van der Waals surface area contributed by atoms with Crippen molar-refractivity contribution < 1.29 is 4.79 Å². The molecule has 2 rings (SSSR count). The maximum atomic E-state index is 11.8. The molecule has 0 radical (unpaired) electrons. The molecule has 4 heteroatoms. The van der Waals surface area contributed by atoms with Crippen molar-refractivity contribution >= 4 is 5.91 Å². The van der Waals surface area contributed by atoms with Crippen molar-refractivity contribution in [3.63, 3.8) is 0 Å². The highest BCUT2D eigenvalue weighted by atomic mass is 16.1. The summed E-state index contributed by atoms with van der Waals surface area (Å²) in [4.78, 5) is 11.8. The lowest BCUT2D eigenvalue weighted by atomic mass is 10.1. The number of H-pyrrole nitrogens is 1. The van der Waals surface area contributed by atoms with Gasteiger partial charge in [-0.2, -0.15) is 5.10 Å². The number of carbonyl (C=O) groups excluding carboxylic acids is 1. The number of aromatic amines is 1. The van der Waals surface area contributed by atoms with Crippen molar-refractivity contribution in [3.8, 4) is 0 Å². The van der Waals surface area contributed by atoms with E-state index in [1.165, 1.54) is 16.7 Å². The number of amides is 1. The minimum atomic E-state index is 0.125. The van der Waals surface area contributed by atoms with E-state index in [9.17, 15) is 4.79 Å². The van der Waals surface area contributed by atoms with Crippen LogP contribution in [0.15, 0.2) is 30.5 Å². The maximum Gasteiger partial charge on any atom is 0.220 e. The first-order chi connectivity index (χ1) is 10.1. The van der Waals surface area contributed by atoms with E-state index in [2.05, 4.69) is 40.6 Å². The van der Waals surface area contributed by atoms with Crippen LogP contribution in [0.3, 0.4) is 0 Å². The van der Waals surface area contributed by atoms with E-state index in [0.29, 0.717) is 6.42 Å². The number of benzene rings is 1. The van der Waals surface area contributed by atoms with Crippen LogP contribution >= 0.6 is 0 Å². The lowest BCUT2D eigenvalue weighted by Gasteiger charge is -2.06. The predicted octanol–water partition coefficient (Wildman–Crippen LogP) is 2.71. The first kappa shape index (κ1) is 15.3. The van der Waals surface area contributed by atoms with Gasteiger partial charge in [0.05, 0.1) is 6.20 Å². The van der Waals surface area contributed by atoms with E-state index in [1.807, 2.05) is 19.2 Å². The number of aromatic nitrogens is 2. The summed E-state index contributed by atoms with van der Waals surface area (Å²) in [6, 6.07) is 8.31. The van der Waals surface area contributed by atoms with Gasteiger partial charge in [0.1, 0.15) is 0 Å². The smallest absolute Gasteiger partial charge is 0.220 e. The van der Waals surface area contributed by atoms with Crippen LogP contribution in [0, 0.1) is 13.8 Å². The van der Waals surface area contributed by atoms with Crippen molar-refractivity contribution in [1.82, 2.24) is 15.5 Å². The lowest BCUT2D eigenvalue weighted by molar-refractivity contribution is -0.121. The second kappa shape index (κ2) is 7.62. The van der Waals surface area contributed by atoms with Gasteiger partial charge >= 0.3 is 0 Å². The topological polar surface area (TPSA) is 57.8 Å². The molecule has 112 valence electrons. The molecule has 0 aliphatic heterocycles. The number of rotatable bonds is 7. The Hall–Kier alpha value is -2.10. The number of hydrogen-bond acceptors (Lipinski definition) is 2. The first-order valence-corrected chi connectivity index (χ1v) is 7.46. The van der Waals surface area contributed by atoms with Gasteiger partial charge in [0.15, 0.2) is 0 Å². The molecule has 21 heavy (non-hydrogen) atoms. The summed E-state index contributed by atoms with van der Waals surface area (Å²) in [6.45, 7) is 4.81. The fourth-order valence-electron chi connectivity index (χ4n) is 2.35. The van der Waals surface area contributed by atoms with Crippen LogP contribution in [-0.2, 0) is 17.6 Å². The third-order valence-corrected chi connectivity index (χ3v) is 3.60. The number of hydrogen-bond donors (Lipinski definition) is 2. The second-order valence-electron chi connectivity index (χ2n) is 5.46. The summed E-state index contributed by atoms with van der Waals surface area (Å²) in [5, 5.41) is 9.90. The molecule has 1 heterocycles. The minimum absolute atomic E-state index is 0.125. The zero-order valence-electron chi connectivity index (χ0n) is 12.8. The molecule has 0 saturated heterocycles. The summed E-state index contributed by atoms with van der Waals surface area (Å²) < 4.78 is 0. The fraction of sp³-hybridized carbons (Fsp3) is 0.412. The van der Waals surface area contributed by atoms with Gasteiger partial charge in [0, 0.05) is 18.7 Å². The van der Waals surface area contributed by atoms with Crippen molar-refractivity contribution in [2.24, 2.45) is 0 Å². The van der Waals surface area contributed by atoms with Crippen LogP contribution < -0.4 is 5.32 Å². The monoisotopic (exact) mass is 285 g/mol. The molecular weight excluding hydrogens is 262 g/mol. The standard InChI is InChI=1S/C17H23N3O/c1-13-5-3-6-15(11-13)8-9-17(21)18-10-4-7-16-12-19-20-14(16)2/h3,5-6,11-12H,4,7-10H2,1-2H3,(H,18,21)(H,19,20). The number of nitrogens with zero attached hydrogens (tertiary/aromatic N) is 1. The molecule has 4 nitrogen and oxygen atoms in total. The van der Waals surface area contributed by atoms with Gasteiger partial charge < -0.3 is 5.32 Å². The minimum Gasteiger partial charge on any atom is -0.356 e. The summed E-state index contributed by atoms with van der Waals surface area (Å²) >= 11 is 0. The molecule has 1 amide bonds. The van der Waals surface area contributed by atoms with E-state index < -0.39 is 0 Å². The Morgan fingerprint density at radius 3 is 2.86 bits per heavy atom. The van der Waals surface area contributed by atoms with Crippen molar-refractivity contribution in [2.75, 3.05) is 6.54 Å². The summed E-state index contributed by atoms with van der Waals surface area (Å²) in [7, 11) is 0. The third-order valence-electron chi connectivity index (χ3n) is 3.60. The molecule has 2 N–H and O–H groups in total. The van der Waals surface area contributed by atoms with Crippen LogP contribution in [0.25, 0.3) is 0 Å². The highest BCUT2D eigenvalue weighted by Gasteiger charge is 2.03. The molecule has 0 unspecified atom stereocenters. The molecule has 0 atom stereocenters. The maximum absolute atomic E-state index is 11.8. The quantitative estimate of drug-likeness (QED) is 0.768. The van der Waals surface area contributed by atoms with Crippen LogP contribution in [-0.4, -0.2) is 22.6 Å². The molecule has 1 aromatic heterocycles. The van der Waals surface area contributed by atoms with Gasteiger partial charge in [-0.25, -0.2) is 0 Å². The molecule has 0 fully saturated rings. The highest BCUT2D eigenvalue weighted by Crippen LogP contribution is 2.07. The largest absolute Gasteiger partial charge is 0.356 e. The molecule has 0 aliphatic carbocycles. The average molecular weight is 285 g/mol. The van der Waals surface area contributed by atoms with Crippen molar-refractivity contribution in [1.29, 1.82) is 0 Å². The Balaban J connectivity index is 1.63. The molecule has 0 aliphatic rings. The van der Waals surface area contributed by atoms with Gasteiger partial charge in [-0.1, -0.05) is 29.8 Å². The van der Waals surface area contributed by atoms with Gasteiger partial charge in [-0.05, 0) is 44.2 Å². The molecule has 0 saturated carbocycles. The Morgan fingerprint density at radius 2 is 2.14 bits per heavy atom. The van der Waals surface area contributed by atoms with Crippen LogP contribution in [0.1, 0.15) is 35.2 Å². The molecule has 2 aromatic rings. The Kier molecular flexibility index (Phi) is 5.55. The Morgan fingerprint density at radius 1 is 1.29 bits per heavy atom. The van der Waals surface area contributed by atoms with E-state index in [0.717, 1.165) is 31.5 Å².